The van der Waals surface area contributed by atoms with E-state index in [9.17, 15) is 0 Å². The fourth-order valence-electron chi connectivity index (χ4n) is 11.9. The maximum atomic E-state index is 2.47. The Kier molecular flexibility index (Phi) is 6.58. The van der Waals surface area contributed by atoms with Crippen molar-refractivity contribution < 1.29 is 0 Å². The average molecular weight is 769 g/mol. The first kappa shape index (κ1) is 33.1. The molecule has 2 aliphatic rings. The van der Waals surface area contributed by atoms with Crippen LogP contribution in [-0.2, 0) is 5.41 Å². The van der Waals surface area contributed by atoms with E-state index in [0.717, 1.165) is 0 Å². The molecule has 0 aromatic heterocycles. The third-order valence-corrected chi connectivity index (χ3v) is 14.2. The second kappa shape index (κ2) is 12.1. The van der Waals surface area contributed by atoms with Crippen molar-refractivity contribution >= 4 is 64.6 Å². The minimum absolute atomic E-state index is 0.438. The van der Waals surface area contributed by atoms with E-state index in [0.29, 0.717) is 0 Å². The molecule has 61 heavy (non-hydrogen) atoms. The van der Waals surface area contributed by atoms with Crippen LogP contribution in [0, 0.1) is 0 Å². The summed E-state index contributed by atoms with van der Waals surface area (Å²) in [7, 11) is 0. The zero-order chi connectivity index (χ0) is 39.8. The topological polar surface area (TPSA) is 0 Å². The summed E-state index contributed by atoms with van der Waals surface area (Å²) in [5, 5.41) is 15.3. The summed E-state index contributed by atoms with van der Waals surface area (Å²) in [6, 6.07) is 82.4. The van der Waals surface area contributed by atoms with E-state index in [4.69, 9.17) is 0 Å². The summed E-state index contributed by atoms with van der Waals surface area (Å²) in [4.78, 5) is 0. The van der Waals surface area contributed by atoms with Crippen molar-refractivity contribution in [3.05, 3.63) is 241 Å². The first-order chi connectivity index (χ1) is 30.3. The van der Waals surface area contributed by atoms with Crippen molar-refractivity contribution in [2.24, 2.45) is 0 Å². The Morgan fingerprint density at radius 1 is 0.230 bits per heavy atom. The highest BCUT2D eigenvalue weighted by Crippen LogP contribution is 2.65. The molecule has 12 aromatic rings. The summed E-state index contributed by atoms with van der Waals surface area (Å²) in [5.41, 5.74) is 15.5. The van der Waals surface area contributed by atoms with E-state index in [1.807, 2.05) is 0 Å². The van der Waals surface area contributed by atoms with Gasteiger partial charge < -0.3 is 0 Å². The maximum Gasteiger partial charge on any atom is 0.0731 e. The van der Waals surface area contributed by atoms with Crippen LogP contribution in [0.1, 0.15) is 22.3 Å². The number of rotatable bonds is 2. The van der Waals surface area contributed by atoms with Gasteiger partial charge in [-0.05, 0) is 144 Å². The summed E-state index contributed by atoms with van der Waals surface area (Å²) in [6.45, 7) is 0. The van der Waals surface area contributed by atoms with E-state index in [-0.39, 0.29) is 0 Å². The SMILES string of the molecule is c1ccc2c(c1)-c1ccccc1C21c2ccc3ccccc3c2-c2ccc3cc(-c4c5ccccc5c(-c5cc6ccccc6c6ccccc56)c5ccccc45)ccc3c21. The van der Waals surface area contributed by atoms with Crippen LogP contribution in [0.3, 0.4) is 0 Å². The van der Waals surface area contributed by atoms with Crippen LogP contribution >= 0.6 is 0 Å². The van der Waals surface area contributed by atoms with Crippen molar-refractivity contribution in [1.82, 2.24) is 0 Å². The summed E-state index contributed by atoms with van der Waals surface area (Å²) >= 11 is 0. The molecule has 14 rings (SSSR count). The lowest BCUT2D eigenvalue weighted by atomic mass is 9.69. The Hall–Kier alpha value is -7.80. The zero-order valence-corrected chi connectivity index (χ0v) is 33.3. The first-order valence-corrected chi connectivity index (χ1v) is 21.4. The second-order valence-electron chi connectivity index (χ2n) is 17.0. The summed E-state index contributed by atoms with van der Waals surface area (Å²) < 4.78 is 0. The molecule has 0 aliphatic heterocycles. The minimum atomic E-state index is -0.438. The van der Waals surface area contributed by atoms with Crippen LogP contribution in [-0.4, -0.2) is 0 Å². The van der Waals surface area contributed by atoms with Crippen LogP contribution < -0.4 is 0 Å². The molecule has 0 heterocycles. The molecular formula is C61H36. The van der Waals surface area contributed by atoms with Crippen LogP contribution in [0.5, 0.6) is 0 Å². The Labute approximate surface area is 353 Å². The predicted molar refractivity (Wildman–Crippen MR) is 259 cm³/mol. The van der Waals surface area contributed by atoms with Gasteiger partial charge >= 0.3 is 0 Å². The fraction of sp³-hybridized carbons (Fsp3) is 0.0164. The largest absolute Gasteiger partial charge is 0.0731 e. The normalized spacial score (nSPS) is 13.4. The summed E-state index contributed by atoms with van der Waals surface area (Å²) in [6.07, 6.45) is 0. The third-order valence-electron chi connectivity index (χ3n) is 14.2. The van der Waals surface area contributed by atoms with E-state index >= 15 is 0 Å². The van der Waals surface area contributed by atoms with E-state index < -0.39 is 5.41 Å². The van der Waals surface area contributed by atoms with Gasteiger partial charge in [0.2, 0.25) is 0 Å². The van der Waals surface area contributed by atoms with Crippen molar-refractivity contribution in [2.75, 3.05) is 0 Å². The highest BCUT2D eigenvalue weighted by Gasteiger charge is 2.52. The molecule has 0 atom stereocenters. The average Bonchev–Trinajstić information content (AvgIpc) is 3.80. The second-order valence-corrected chi connectivity index (χ2v) is 17.0. The van der Waals surface area contributed by atoms with Crippen LogP contribution in [0.4, 0.5) is 0 Å². The molecule has 0 fully saturated rings. The molecule has 0 nitrogen and oxygen atoms in total. The molecular weight excluding hydrogens is 733 g/mol. The van der Waals surface area contributed by atoms with Gasteiger partial charge in [0.15, 0.2) is 0 Å². The van der Waals surface area contributed by atoms with Crippen LogP contribution in [0.25, 0.3) is 109 Å². The molecule has 2 aliphatic carbocycles. The van der Waals surface area contributed by atoms with Crippen molar-refractivity contribution in [3.63, 3.8) is 0 Å². The molecule has 0 radical (unpaired) electrons. The lowest BCUT2D eigenvalue weighted by Crippen LogP contribution is -2.26. The highest BCUT2D eigenvalue weighted by atomic mass is 14.5. The molecule has 12 aromatic carbocycles. The smallest absolute Gasteiger partial charge is 0.0619 e. The molecule has 0 saturated carbocycles. The number of fused-ring (bicyclic) bond motifs is 19. The molecule has 280 valence electrons. The number of hydrogen-bond donors (Lipinski definition) is 0. The monoisotopic (exact) mass is 768 g/mol. The quantitative estimate of drug-likeness (QED) is 0.121. The van der Waals surface area contributed by atoms with Gasteiger partial charge in [-0.3, -0.25) is 0 Å². The first-order valence-electron chi connectivity index (χ1n) is 21.4. The van der Waals surface area contributed by atoms with E-state index in [1.165, 1.54) is 131 Å². The van der Waals surface area contributed by atoms with Crippen molar-refractivity contribution in [2.45, 2.75) is 5.41 Å². The molecule has 0 bridgehead atoms. The van der Waals surface area contributed by atoms with E-state index in [1.54, 1.807) is 0 Å². The molecule has 0 saturated heterocycles. The molecule has 0 N–H and O–H groups in total. The van der Waals surface area contributed by atoms with Gasteiger partial charge in [-0.15, -0.1) is 0 Å². The Morgan fingerprint density at radius 2 is 0.738 bits per heavy atom. The lowest BCUT2D eigenvalue weighted by Gasteiger charge is -2.31. The molecule has 0 heteroatoms. The van der Waals surface area contributed by atoms with Gasteiger partial charge in [0, 0.05) is 0 Å². The standard InChI is InChI=1S/C61H36/c1-4-18-42-37(15-1)31-34-56-59(42)52-33-29-39-35-40(30-32-43(39)60(52)61(56)54-27-13-11-21-46(54)47-22-12-14-28-55(47)61)57-48-23-7-9-25-50(48)58(51-26-10-8-24-49(51)57)53-36-38-16-2-3-17-41(38)44-19-5-6-20-45(44)53/h1-36H. The minimum Gasteiger partial charge on any atom is -0.0619 e. The third kappa shape index (κ3) is 4.24. The Balaban J connectivity index is 1.07. The van der Waals surface area contributed by atoms with Crippen LogP contribution in [0.15, 0.2) is 218 Å². The fourth-order valence-corrected chi connectivity index (χ4v) is 11.9. The maximum absolute atomic E-state index is 2.47. The zero-order valence-electron chi connectivity index (χ0n) is 33.3. The van der Waals surface area contributed by atoms with Gasteiger partial charge in [0.25, 0.3) is 0 Å². The van der Waals surface area contributed by atoms with Gasteiger partial charge in [-0.2, -0.15) is 0 Å². The van der Waals surface area contributed by atoms with Crippen molar-refractivity contribution in [1.29, 1.82) is 0 Å². The summed E-state index contributed by atoms with van der Waals surface area (Å²) in [5.74, 6) is 0. The Morgan fingerprint density at radius 3 is 1.43 bits per heavy atom. The molecule has 0 amide bonds. The van der Waals surface area contributed by atoms with Gasteiger partial charge in [0.1, 0.15) is 0 Å². The molecule has 1 spiro atoms. The Bertz CT molecular complexity index is 3780. The number of benzene rings is 12. The number of hydrogen-bond acceptors (Lipinski definition) is 0. The lowest BCUT2D eigenvalue weighted by molar-refractivity contribution is 0.802. The van der Waals surface area contributed by atoms with Gasteiger partial charge in [-0.1, -0.05) is 206 Å². The highest BCUT2D eigenvalue weighted by molar-refractivity contribution is 6.26. The molecule has 0 unspecified atom stereocenters. The predicted octanol–water partition coefficient (Wildman–Crippen LogP) is 16.3. The van der Waals surface area contributed by atoms with Crippen molar-refractivity contribution in [3.8, 4) is 44.5 Å². The van der Waals surface area contributed by atoms with E-state index in [2.05, 4.69) is 218 Å². The van der Waals surface area contributed by atoms with Gasteiger partial charge in [0.05, 0.1) is 5.41 Å². The van der Waals surface area contributed by atoms with Crippen LogP contribution in [0.2, 0.25) is 0 Å². The van der Waals surface area contributed by atoms with Gasteiger partial charge in [-0.25, -0.2) is 0 Å².